The first-order chi connectivity index (χ1) is 13.0. The Labute approximate surface area is 184 Å². The zero-order valence-corrected chi connectivity index (χ0v) is 19.4. The first-order valence-electron chi connectivity index (χ1n) is 9.47. The van der Waals surface area contributed by atoms with Crippen LogP contribution in [0.2, 0.25) is 0 Å². The number of nitrogens with one attached hydrogen (secondary N) is 2. The van der Waals surface area contributed by atoms with Gasteiger partial charge < -0.3 is 24.8 Å². The van der Waals surface area contributed by atoms with Crippen LogP contribution in [-0.2, 0) is 20.8 Å². The standard InChI is InChI=1S/C20H31N3O4.HI/c1-5-21-20(22-11-15(3)19(24)25-4)23-12-16-7-6-14(2)10-18(16)27-17-8-9-26-13-17;/h6-7,10,15,17H,5,8-9,11-13H2,1-4H3,(H2,21,22,23);1H. The minimum absolute atomic E-state index is 0. The van der Waals surface area contributed by atoms with Crippen LogP contribution >= 0.6 is 24.0 Å². The van der Waals surface area contributed by atoms with E-state index in [0.717, 1.165) is 36.4 Å². The number of hydrogen-bond donors (Lipinski definition) is 2. The van der Waals surface area contributed by atoms with Crippen molar-refractivity contribution in [2.45, 2.75) is 39.8 Å². The van der Waals surface area contributed by atoms with Crippen molar-refractivity contribution >= 4 is 35.9 Å². The average Bonchev–Trinajstić information content (AvgIpc) is 3.17. The van der Waals surface area contributed by atoms with Crippen molar-refractivity contribution in [3.8, 4) is 5.75 Å². The highest BCUT2D eigenvalue weighted by Crippen LogP contribution is 2.24. The largest absolute Gasteiger partial charge is 0.488 e. The Kier molecular flexibility index (Phi) is 11.2. The predicted molar refractivity (Wildman–Crippen MR) is 120 cm³/mol. The number of guanidine groups is 1. The van der Waals surface area contributed by atoms with E-state index in [1.54, 1.807) is 0 Å². The zero-order chi connectivity index (χ0) is 19.6. The first-order valence-corrected chi connectivity index (χ1v) is 9.47. The fraction of sp³-hybridized carbons (Fsp3) is 0.600. The van der Waals surface area contributed by atoms with Crippen LogP contribution in [0, 0.1) is 12.8 Å². The molecule has 0 spiro atoms. The second kappa shape index (κ2) is 12.8. The van der Waals surface area contributed by atoms with Gasteiger partial charge in [0.05, 0.1) is 32.8 Å². The van der Waals surface area contributed by atoms with E-state index in [1.807, 2.05) is 32.9 Å². The van der Waals surface area contributed by atoms with Crippen LogP contribution in [0.1, 0.15) is 31.4 Å². The van der Waals surface area contributed by atoms with E-state index in [1.165, 1.54) is 7.11 Å². The number of ether oxygens (including phenoxy) is 3. The van der Waals surface area contributed by atoms with Gasteiger partial charge in [0.25, 0.3) is 0 Å². The van der Waals surface area contributed by atoms with Gasteiger partial charge in [0.15, 0.2) is 5.96 Å². The maximum Gasteiger partial charge on any atom is 0.310 e. The van der Waals surface area contributed by atoms with Gasteiger partial charge in [-0.15, -0.1) is 24.0 Å². The van der Waals surface area contributed by atoms with Gasteiger partial charge in [0, 0.05) is 25.1 Å². The van der Waals surface area contributed by atoms with Crippen molar-refractivity contribution in [3.05, 3.63) is 29.3 Å². The molecule has 158 valence electrons. The van der Waals surface area contributed by atoms with Crippen molar-refractivity contribution in [1.29, 1.82) is 0 Å². The number of benzene rings is 1. The van der Waals surface area contributed by atoms with Gasteiger partial charge >= 0.3 is 5.97 Å². The van der Waals surface area contributed by atoms with Crippen molar-refractivity contribution in [1.82, 2.24) is 10.6 Å². The lowest BCUT2D eigenvalue weighted by molar-refractivity contribution is -0.144. The Morgan fingerprint density at radius 3 is 2.82 bits per heavy atom. The maximum atomic E-state index is 11.6. The molecule has 2 rings (SSSR count). The lowest BCUT2D eigenvalue weighted by Crippen LogP contribution is -2.40. The number of methoxy groups -OCH3 is 1. The van der Waals surface area contributed by atoms with E-state index in [-0.39, 0.29) is 42.0 Å². The highest BCUT2D eigenvalue weighted by Gasteiger charge is 2.19. The molecule has 1 aliphatic heterocycles. The summed E-state index contributed by atoms with van der Waals surface area (Å²) in [6, 6.07) is 6.15. The molecule has 1 aromatic rings. The van der Waals surface area contributed by atoms with Crippen LogP contribution in [0.5, 0.6) is 5.75 Å². The van der Waals surface area contributed by atoms with Crippen LogP contribution in [0.25, 0.3) is 0 Å². The monoisotopic (exact) mass is 505 g/mol. The molecule has 1 fully saturated rings. The summed E-state index contributed by atoms with van der Waals surface area (Å²) in [4.78, 5) is 16.2. The Morgan fingerprint density at radius 2 is 2.18 bits per heavy atom. The summed E-state index contributed by atoms with van der Waals surface area (Å²) in [5.74, 6) is 1.02. The normalized spacial score (nSPS) is 17.4. The molecule has 28 heavy (non-hydrogen) atoms. The van der Waals surface area contributed by atoms with Crippen LogP contribution in [0.4, 0.5) is 0 Å². The molecule has 1 heterocycles. The molecule has 2 N–H and O–H groups in total. The van der Waals surface area contributed by atoms with E-state index < -0.39 is 0 Å². The topological polar surface area (TPSA) is 81.2 Å². The van der Waals surface area contributed by atoms with Gasteiger partial charge in [-0.05, 0) is 25.5 Å². The lowest BCUT2D eigenvalue weighted by atomic mass is 10.1. The van der Waals surface area contributed by atoms with Crippen molar-refractivity contribution in [2.75, 3.05) is 33.4 Å². The number of rotatable bonds is 8. The van der Waals surface area contributed by atoms with E-state index in [2.05, 4.69) is 21.7 Å². The minimum atomic E-state index is -0.250. The third kappa shape index (κ3) is 7.83. The summed E-state index contributed by atoms with van der Waals surface area (Å²) in [7, 11) is 1.40. The number of esters is 1. The molecule has 7 nitrogen and oxygen atoms in total. The second-order valence-corrected chi connectivity index (χ2v) is 6.71. The molecule has 2 atom stereocenters. The fourth-order valence-electron chi connectivity index (χ4n) is 2.73. The Bertz CT molecular complexity index is 648. The number of halogens is 1. The van der Waals surface area contributed by atoms with E-state index >= 15 is 0 Å². The molecule has 0 aliphatic carbocycles. The van der Waals surface area contributed by atoms with Crippen LogP contribution in [0.3, 0.4) is 0 Å². The molecular formula is C20H32IN3O4. The number of aryl methyl sites for hydroxylation is 1. The quantitative estimate of drug-likeness (QED) is 0.245. The highest BCUT2D eigenvalue weighted by atomic mass is 127. The molecule has 0 radical (unpaired) electrons. The summed E-state index contributed by atoms with van der Waals surface area (Å²) < 4.78 is 16.3. The third-order valence-electron chi connectivity index (χ3n) is 4.34. The summed E-state index contributed by atoms with van der Waals surface area (Å²) in [5.41, 5.74) is 2.17. The van der Waals surface area contributed by atoms with Crippen LogP contribution < -0.4 is 15.4 Å². The molecule has 0 bridgehead atoms. The van der Waals surface area contributed by atoms with Gasteiger partial charge in [-0.2, -0.15) is 0 Å². The number of carbonyl (C=O) groups excluding carboxylic acids is 1. The van der Waals surface area contributed by atoms with Crippen molar-refractivity contribution < 1.29 is 19.0 Å². The summed E-state index contributed by atoms with van der Waals surface area (Å²) >= 11 is 0. The van der Waals surface area contributed by atoms with E-state index in [9.17, 15) is 4.79 Å². The first kappa shape index (κ1) is 24.5. The van der Waals surface area contributed by atoms with Gasteiger partial charge in [-0.25, -0.2) is 4.99 Å². The summed E-state index contributed by atoms with van der Waals surface area (Å²) in [5, 5.41) is 6.38. The van der Waals surface area contributed by atoms with Gasteiger partial charge in [0.2, 0.25) is 0 Å². The molecule has 8 heteroatoms. The smallest absolute Gasteiger partial charge is 0.310 e. The third-order valence-corrected chi connectivity index (χ3v) is 4.34. The maximum absolute atomic E-state index is 11.6. The summed E-state index contributed by atoms with van der Waals surface area (Å²) in [6.07, 6.45) is 1.01. The Balaban J connectivity index is 0.00000392. The molecule has 1 aromatic carbocycles. The SMILES string of the molecule is CCNC(=NCc1ccc(C)cc1OC1CCOC1)NCC(C)C(=O)OC.I. The molecule has 0 saturated carbocycles. The molecule has 0 aromatic heterocycles. The van der Waals surface area contributed by atoms with Crippen molar-refractivity contribution in [2.24, 2.45) is 10.9 Å². The fourth-order valence-corrected chi connectivity index (χ4v) is 2.73. The van der Waals surface area contributed by atoms with E-state index in [4.69, 9.17) is 14.2 Å². The highest BCUT2D eigenvalue weighted by molar-refractivity contribution is 14.0. The molecule has 2 unspecified atom stereocenters. The number of nitrogens with zero attached hydrogens (tertiary/aromatic N) is 1. The Morgan fingerprint density at radius 1 is 1.39 bits per heavy atom. The minimum Gasteiger partial charge on any atom is -0.488 e. The molecular weight excluding hydrogens is 473 g/mol. The molecule has 1 aliphatic rings. The van der Waals surface area contributed by atoms with Crippen LogP contribution in [-0.4, -0.2) is 51.4 Å². The summed E-state index contributed by atoms with van der Waals surface area (Å²) in [6.45, 7) is 8.91. The second-order valence-electron chi connectivity index (χ2n) is 6.71. The molecule has 1 saturated heterocycles. The number of hydrogen-bond acceptors (Lipinski definition) is 5. The van der Waals surface area contributed by atoms with E-state index in [0.29, 0.717) is 25.7 Å². The zero-order valence-electron chi connectivity index (χ0n) is 17.1. The molecule has 0 amide bonds. The lowest BCUT2D eigenvalue weighted by Gasteiger charge is -2.17. The predicted octanol–water partition coefficient (Wildman–Crippen LogP) is 2.64. The average molecular weight is 505 g/mol. The van der Waals surface area contributed by atoms with Crippen LogP contribution in [0.15, 0.2) is 23.2 Å². The van der Waals surface area contributed by atoms with Gasteiger partial charge in [-0.3, -0.25) is 4.79 Å². The number of aliphatic imine (C=N–C) groups is 1. The van der Waals surface area contributed by atoms with Gasteiger partial charge in [-0.1, -0.05) is 19.1 Å². The Hall–Kier alpha value is -1.55. The number of carbonyl (C=O) groups is 1. The van der Waals surface area contributed by atoms with Gasteiger partial charge in [0.1, 0.15) is 11.9 Å². The van der Waals surface area contributed by atoms with Crippen molar-refractivity contribution in [3.63, 3.8) is 0 Å².